The third-order valence-corrected chi connectivity index (χ3v) is 5.10. The van der Waals surface area contributed by atoms with Crippen molar-refractivity contribution in [2.24, 2.45) is 5.92 Å². The van der Waals surface area contributed by atoms with Crippen LogP contribution in [0.25, 0.3) is 0 Å². The topological polar surface area (TPSA) is 43.4 Å². The molecular weight excluding hydrogens is 300 g/mol. The minimum Gasteiger partial charge on any atom is -0.393 e. The fourth-order valence-electron chi connectivity index (χ4n) is 3.59. The third kappa shape index (κ3) is 11.6. The Bertz CT molecular complexity index is 322. The summed E-state index contributed by atoms with van der Waals surface area (Å²) in [5, 5.41) is 0. The quantitative estimate of drug-likeness (QED) is 0.199. The first-order chi connectivity index (χ1) is 11.7. The fraction of sp³-hybridized carbons (Fsp3) is 0.905. The van der Waals surface area contributed by atoms with Crippen molar-refractivity contribution in [2.45, 2.75) is 116 Å². The number of hydrogen-bond donors (Lipinski definition) is 0. The minimum atomic E-state index is -0.332. The molecule has 0 spiro atoms. The Morgan fingerprint density at radius 2 is 1.04 bits per heavy atom. The minimum absolute atomic E-state index is 0.232. The third-order valence-electron chi connectivity index (χ3n) is 5.10. The summed E-state index contributed by atoms with van der Waals surface area (Å²) in [5.74, 6) is -0.431. The van der Waals surface area contributed by atoms with Crippen molar-refractivity contribution in [1.29, 1.82) is 0 Å². The van der Waals surface area contributed by atoms with Crippen molar-refractivity contribution in [3.63, 3.8) is 0 Å². The largest absolute Gasteiger partial charge is 0.393 e. The first-order valence-electron chi connectivity index (χ1n) is 10.5. The number of esters is 2. The molecule has 1 rings (SSSR count). The van der Waals surface area contributed by atoms with E-state index in [1.165, 1.54) is 83.5 Å². The molecule has 0 bridgehead atoms. The summed E-state index contributed by atoms with van der Waals surface area (Å²) < 4.78 is 4.56. The van der Waals surface area contributed by atoms with Gasteiger partial charge < -0.3 is 4.74 Å². The van der Waals surface area contributed by atoms with Crippen LogP contribution in [0.1, 0.15) is 116 Å². The smallest absolute Gasteiger partial charge is 0.313 e. The maximum absolute atomic E-state index is 11.2. The van der Waals surface area contributed by atoms with E-state index in [2.05, 4.69) is 11.7 Å². The maximum Gasteiger partial charge on any atom is 0.313 e. The molecule has 24 heavy (non-hydrogen) atoms. The molecule has 0 amide bonds. The molecule has 0 aromatic rings. The van der Waals surface area contributed by atoms with Crippen molar-refractivity contribution in [2.75, 3.05) is 0 Å². The van der Waals surface area contributed by atoms with Crippen LogP contribution in [0.4, 0.5) is 0 Å². The molecule has 0 N–H and O–H groups in total. The average molecular weight is 339 g/mol. The van der Waals surface area contributed by atoms with E-state index < -0.39 is 0 Å². The highest BCUT2D eigenvalue weighted by atomic mass is 16.6. The van der Waals surface area contributed by atoms with Gasteiger partial charge in [0.2, 0.25) is 0 Å². The Hall–Kier alpha value is -0.860. The summed E-state index contributed by atoms with van der Waals surface area (Å²) in [7, 11) is 0. The summed E-state index contributed by atoms with van der Waals surface area (Å²) in [6.07, 6.45) is 20.9. The molecule has 0 aromatic heterocycles. The number of ether oxygens (including phenoxy) is 1. The second kappa shape index (κ2) is 14.5. The summed E-state index contributed by atoms with van der Waals surface area (Å²) in [5.41, 5.74) is 0. The van der Waals surface area contributed by atoms with Gasteiger partial charge in [0.1, 0.15) is 0 Å². The van der Waals surface area contributed by atoms with E-state index in [0.717, 1.165) is 12.8 Å². The zero-order chi connectivity index (χ0) is 17.5. The predicted molar refractivity (Wildman–Crippen MR) is 98.8 cm³/mol. The van der Waals surface area contributed by atoms with Gasteiger partial charge in [-0.3, -0.25) is 9.59 Å². The lowest BCUT2D eigenvalue weighted by atomic mass is 9.92. The molecule has 1 heterocycles. The zero-order valence-electron chi connectivity index (χ0n) is 15.8. The van der Waals surface area contributed by atoms with Crippen LogP contribution in [0.15, 0.2) is 0 Å². The predicted octanol–water partition coefficient (Wildman–Crippen LogP) is 6.34. The zero-order valence-corrected chi connectivity index (χ0v) is 15.8. The van der Waals surface area contributed by atoms with Crippen LogP contribution in [0, 0.1) is 5.92 Å². The van der Waals surface area contributed by atoms with Gasteiger partial charge in [-0.25, -0.2) is 0 Å². The van der Waals surface area contributed by atoms with Gasteiger partial charge >= 0.3 is 11.9 Å². The van der Waals surface area contributed by atoms with Gasteiger partial charge in [-0.05, 0) is 12.3 Å². The Morgan fingerprint density at radius 3 is 1.46 bits per heavy atom. The van der Waals surface area contributed by atoms with Gasteiger partial charge in [0.25, 0.3) is 0 Å². The number of rotatable bonds is 15. The second-order valence-electron chi connectivity index (χ2n) is 7.51. The highest BCUT2D eigenvalue weighted by Crippen LogP contribution is 2.23. The van der Waals surface area contributed by atoms with E-state index >= 15 is 0 Å². The summed E-state index contributed by atoms with van der Waals surface area (Å²) in [6, 6.07) is 0. The van der Waals surface area contributed by atoms with Gasteiger partial charge in [0, 0.05) is 12.8 Å². The Labute approximate surface area is 148 Å². The standard InChI is InChI=1S/C21H38O3/c1-2-3-4-5-6-7-8-9-10-11-12-13-14-15-16-19-17-20(22)24-21(23)18-19/h19H,2-18H2,1H3. The molecule has 1 saturated heterocycles. The first kappa shape index (κ1) is 21.2. The lowest BCUT2D eigenvalue weighted by Crippen LogP contribution is -2.25. The summed E-state index contributed by atoms with van der Waals surface area (Å²) in [4.78, 5) is 22.4. The second-order valence-corrected chi connectivity index (χ2v) is 7.51. The Balaban J connectivity index is 1.78. The summed E-state index contributed by atoms with van der Waals surface area (Å²) in [6.45, 7) is 2.27. The SMILES string of the molecule is CCCCCCCCCCCCCCCCC1CC(=O)OC(=O)C1. The molecule has 1 fully saturated rings. The van der Waals surface area contributed by atoms with Crippen molar-refractivity contribution >= 4 is 11.9 Å². The van der Waals surface area contributed by atoms with E-state index in [1.54, 1.807) is 0 Å². The lowest BCUT2D eigenvalue weighted by molar-refractivity contribution is -0.165. The summed E-state index contributed by atoms with van der Waals surface area (Å²) >= 11 is 0. The van der Waals surface area contributed by atoms with E-state index in [-0.39, 0.29) is 17.9 Å². The molecule has 140 valence electrons. The maximum atomic E-state index is 11.2. The lowest BCUT2D eigenvalue weighted by Gasteiger charge is -2.19. The Morgan fingerprint density at radius 1 is 0.667 bits per heavy atom. The molecule has 3 nitrogen and oxygen atoms in total. The average Bonchev–Trinajstić information content (AvgIpc) is 2.54. The highest BCUT2D eigenvalue weighted by molar-refractivity contribution is 5.88. The number of carbonyl (C=O) groups excluding carboxylic acids is 2. The molecular formula is C21H38O3. The molecule has 1 aliphatic rings. The van der Waals surface area contributed by atoms with Gasteiger partial charge in [-0.15, -0.1) is 0 Å². The van der Waals surface area contributed by atoms with Gasteiger partial charge in [-0.2, -0.15) is 0 Å². The van der Waals surface area contributed by atoms with E-state index in [9.17, 15) is 9.59 Å². The van der Waals surface area contributed by atoms with Gasteiger partial charge in [-0.1, -0.05) is 96.8 Å². The van der Waals surface area contributed by atoms with Crippen LogP contribution >= 0.6 is 0 Å². The van der Waals surface area contributed by atoms with Crippen molar-refractivity contribution in [3.05, 3.63) is 0 Å². The van der Waals surface area contributed by atoms with Crippen LogP contribution in [-0.4, -0.2) is 11.9 Å². The van der Waals surface area contributed by atoms with Gasteiger partial charge in [0.15, 0.2) is 0 Å². The van der Waals surface area contributed by atoms with E-state index in [0.29, 0.717) is 12.8 Å². The molecule has 0 radical (unpaired) electrons. The van der Waals surface area contributed by atoms with Crippen LogP contribution < -0.4 is 0 Å². The van der Waals surface area contributed by atoms with Crippen molar-refractivity contribution in [3.8, 4) is 0 Å². The van der Waals surface area contributed by atoms with Crippen LogP contribution in [0.3, 0.4) is 0 Å². The van der Waals surface area contributed by atoms with E-state index in [4.69, 9.17) is 0 Å². The number of carbonyl (C=O) groups is 2. The monoisotopic (exact) mass is 338 g/mol. The van der Waals surface area contributed by atoms with Crippen molar-refractivity contribution in [1.82, 2.24) is 0 Å². The first-order valence-corrected chi connectivity index (χ1v) is 10.5. The molecule has 0 aliphatic carbocycles. The van der Waals surface area contributed by atoms with Crippen LogP contribution in [0.2, 0.25) is 0 Å². The normalized spacial score (nSPS) is 15.7. The molecule has 0 aromatic carbocycles. The van der Waals surface area contributed by atoms with Crippen molar-refractivity contribution < 1.29 is 14.3 Å². The number of hydrogen-bond acceptors (Lipinski definition) is 3. The van der Waals surface area contributed by atoms with Crippen LogP contribution in [0.5, 0.6) is 0 Å². The fourth-order valence-corrected chi connectivity index (χ4v) is 3.59. The molecule has 0 unspecified atom stereocenters. The molecule has 0 atom stereocenters. The number of unbranched alkanes of at least 4 members (excludes halogenated alkanes) is 13. The molecule has 1 aliphatic heterocycles. The highest BCUT2D eigenvalue weighted by Gasteiger charge is 2.26. The number of cyclic esters (lactones) is 2. The van der Waals surface area contributed by atoms with Crippen LogP contribution in [-0.2, 0) is 14.3 Å². The van der Waals surface area contributed by atoms with Gasteiger partial charge in [0.05, 0.1) is 0 Å². The molecule has 0 saturated carbocycles. The van der Waals surface area contributed by atoms with E-state index in [1.807, 2.05) is 0 Å². The Kier molecular flexibility index (Phi) is 12.8. The molecule has 3 heteroatoms.